The highest BCUT2D eigenvalue weighted by Crippen LogP contribution is 2.58. The summed E-state index contributed by atoms with van der Waals surface area (Å²) in [7, 11) is -1.78. The molecule has 4 bridgehead atoms. The lowest BCUT2D eigenvalue weighted by Crippen LogP contribution is -2.62. The molecule has 2 N–H and O–H groups in total. The maximum absolute atomic E-state index is 13.9. The molecule has 1 unspecified atom stereocenters. The van der Waals surface area contributed by atoms with Gasteiger partial charge in [0, 0.05) is 11.6 Å². The molecule has 1 atom stereocenters. The molecule has 6 rings (SSSR count). The second-order valence-electron chi connectivity index (χ2n) is 10.9. The van der Waals surface area contributed by atoms with Crippen LogP contribution in [0.2, 0.25) is 0 Å². The number of likely N-dealkylation sites (N-methyl/N-ethyl adjacent to an activating group) is 1. The predicted molar refractivity (Wildman–Crippen MR) is 129 cm³/mol. The van der Waals surface area contributed by atoms with E-state index in [1.165, 1.54) is 31.4 Å². The molecule has 184 valence electrons. The second-order valence-corrected chi connectivity index (χ2v) is 12.5. The summed E-state index contributed by atoms with van der Waals surface area (Å²) in [6.45, 7) is 2.84. The van der Waals surface area contributed by atoms with E-state index in [0.717, 1.165) is 48.3 Å². The smallest absolute Gasteiger partial charge is 0.238 e. The first-order chi connectivity index (χ1) is 16.1. The maximum atomic E-state index is 13.9. The summed E-state index contributed by atoms with van der Waals surface area (Å²) in [5.74, 6) is 3.19. The lowest BCUT2D eigenvalue weighted by atomic mass is 9.52. The third kappa shape index (κ3) is 4.55. The zero-order chi connectivity index (χ0) is 24.1. The van der Waals surface area contributed by atoms with Gasteiger partial charge < -0.3 is 9.32 Å². The quantitative estimate of drug-likeness (QED) is 0.611. The van der Waals surface area contributed by atoms with Crippen molar-refractivity contribution in [1.29, 1.82) is 0 Å². The lowest BCUT2D eigenvalue weighted by molar-refractivity contribution is -0.154. The molecular formula is C26H35N3O4S. The van der Waals surface area contributed by atoms with Crippen LogP contribution < -0.4 is 5.14 Å². The van der Waals surface area contributed by atoms with Crippen LogP contribution in [0.4, 0.5) is 0 Å². The second kappa shape index (κ2) is 8.81. The van der Waals surface area contributed by atoms with E-state index in [2.05, 4.69) is 4.90 Å². The zero-order valence-electron chi connectivity index (χ0n) is 20.0. The maximum Gasteiger partial charge on any atom is 0.238 e. The standard InChI is InChI=1S/C26H35N3O4S/c1-18(22-5-7-24(8-6-22)34(27,31)32)28(2)17-25(30)29(16-23-4-3-9-33-23)26-13-19-10-20(14-26)12-21(11-19)15-26/h3-9,18-21H,10-17H2,1-2H3,(H2,27,31,32). The van der Waals surface area contributed by atoms with Crippen molar-refractivity contribution in [2.75, 3.05) is 13.6 Å². The van der Waals surface area contributed by atoms with Gasteiger partial charge >= 0.3 is 0 Å². The summed E-state index contributed by atoms with van der Waals surface area (Å²) in [6.07, 6.45) is 8.99. The van der Waals surface area contributed by atoms with Crippen molar-refractivity contribution < 1.29 is 17.6 Å². The first kappa shape index (κ1) is 23.6. The minimum absolute atomic E-state index is 0.0553. The number of furan rings is 1. The molecule has 4 aliphatic carbocycles. The molecule has 8 heteroatoms. The van der Waals surface area contributed by atoms with Crippen LogP contribution in [0.3, 0.4) is 0 Å². The van der Waals surface area contributed by atoms with Gasteiger partial charge in [0.15, 0.2) is 0 Å². The molecular weight excluding hydrogens is 450 g/mol. The van der Waals surface area contributed by atoms with E-state index in [4.69, 9.17) is 9.56 Å². The topological polar surface area (TPSA) is 96.8 Å². The Bertz CT molecular complexity index is 1090. The highest BCUT2D eigenvalue weighted by atomic mass is 32.2. The van der Waals surface area contributed by atoms with E-state index < -0.39 is 10.0 Å². The van der Waals surface area contributed by atoms with Crippen molar-refractivity contribution in [3.05, 3.63) is 54.0 Å². The molecule has 7 nitrogen and oxygen atoms in total. The minimum atomic E-state index is -3.73. The molecule has 4 fully saturated rings. The van der Waals surface area contributed by atoms with Crippen molar-refractivity contribution in [3.8, 4) is 0 Å². The third-order valence-corrected chi connectivity index (χ3v) is 9.44. The van der Waals surface area contributed by atoms with Gasteiger partial charge in [-0.15, -0.1) is 0 Å². The van der Waals surface area contributed by atoms with Crippen LogP contribution in [-0.2, 0) is 21.4 Å². The summed E-state index contributed by atoms with van der Waals surface area (Å²) in [5.41, 5.74) is 0.884. The predicted octanol–water partition coefficient (Wildman–Crippen LogP) is 3.92. The Hall–Kier alpha value is -2.16. The first-order valence-electron chi connectivity index (χ1n) is 12.3. The first-order valence-corrected chi connectivity index (χ1v) is 13.8. The van der Waals surface area contributed by atoms with Crippen LogP contribution in [0.5, 0.6) is 0 Å². The van der Waals surface area contributed by atoms with Crippen LogP contribution >= 0.6 is 0 Å². The Morgan fingerprint density at radius 3 is 2.18 bits per heavy atom. The minimum Gasteiger partial charge on any atom is -0.467 e. The average Bonchev–Trinajstić information content (AvgIpc) is 3.29. The van der Waals surface area contributed by atoms with Gasteiger partial charge in [-0.1, -0.05) is 12.1 Å². The van der Waals surface area contributed by atoms with Crippen LogP contribution in [0, 0.1) is 17.8 Å². The van der Waals surface area contributed by atoms with Gasteiger partial charge in [-0.05, 0) is 100 Å². The van der Waals surface area contributed by atoms with Gasteiger partial charge in [0.2, 0.25) is 15.9 Å². The van der Waals surface area contributed by atoms with E-state index in [1.54, 1.807) is 18.4 Å². The average molecular weight is 486 g/mol. The lowest BCUT2D eigenvalue weighted by Gasteiger charge is -2.60. The van der Waals surface area contributed by atoms with Gasteiger partial charge in [0.25, 0.3) is 0 Å². The van der Waals surface area contributed by atoms with Crippen LogP contribution in [0.15, 0.2) is 52.0 Å². The number of amides is 1. The molecule has 1 amide bonds. The van der Waals surface area contributed by atoms with Crippen molar-refractivity contribution in [2.24, 2.45) is 22.9 Å². The largest absolute Gasteiger partial charge is 0.467 e. The SMILES string of the molecule is CC(c1ccc(S(N)(=O)=O)cc1)N(C)CC(=O)N(Cc1ccco1)C12CC3CC(CC(C3)C1)C2. The number of hydrogen-bond acceptors (Lipinski definition) is 5. The van der Waals surface area contributed by atoms with Crippen molar-refractivity contribution in [1.82, 2.24) is 9.80 Å². The Morgan fingerprint density at radius 1 is 1.09 bits per heavy atom. The molecule has 34 heavy (non-hydrogen) atoms. The van der Waals surface area contributed by atoms with Gasteiger partial charge in [-0.3, -0.25) is 9.69 Å². The highest BCUT2D eigenvalue weighted by molar-refractivity contribution is 7.89. The molecule has 0 aliphatic heterocycles. The van der Waals surface area contributed by atoms with Crippen molar-refractivity contribution in [2.45, 2.75) is 68.5 Å². The molecule has 1 aromatic heterocycles. The van der Waals surface area contributed by atoms with Gasteiger partial charge in [0.1, 0.15) is 5.76 Å². The zero-order valence-corrected chi connectivity index (χ0v) is 20.8. The van der Waals surface area contributed by atoms with Gasteiger partial charge in [-0.25, -0.2) is 13.6 Å². The fourth-order valence-corrected chi connectivity index (χ4v) is 7.62. The number of nitrogens with zero attached hydrogens (tertiary/aromatic N) is 2. The molecule has 2 aromatic rings. The Balaban J connectivity index is 1.34. The van der Waals surface area contributed by atoms with Crippen molar-refractivity contribution >= 4 is 15.9 Å². The molecule has 4 saturated carbocycles. The number of rotatable bonds is 8. The Morgan fingerprint density at radius 2 is 1.68 bits per heavy atom. The molecule has 1 heterocycles. The normalized spacial score (nSPS) is 28.9. The highest BCUT2D eigenvalue weighted by Gasteiger charge is 2.54. The van der Waals surface area contributed by atoms with Crippen LogP contribution in [0.1, 0.15) is 62.8 Å². The van der Waals surface area contributed by atoms with E-state index in [-0.39, 0.29) is 22.4 Å². The fraction of sp³-hybridized carbons (Fsp3) is 0.577. The molecule has 0 spiro atoms. The summed E-state index contributed by atoms with van der Waals surface area (Å²) >= 11 is 0. The fourth-order valence-electron chi connectivity index (χ4n) is 7.10. The van der Waals surface area contributed by atoms with Gasteiger partial charge in [0.05, 0.1) is 24.2 Å². The Kier molecular flexibility index (Phi) is 6.11. The number of carbonyl (C=O) groups is 1. The molecule has 0 radical (unpaired) electrons. The monoisotopic (exact) mass is 485 g/mol. The molecule has 0 saturated heterocycles. The van der Waals surface area contributed by atoms with Crippen LogP contribution in [0.25, 0.3) is 0 Å². The van der Waals surface area contributed by atoms with E-state index >= 15 is 0 Å². The van der Waals surface area contributed by atoms with Gasteiger partial charge in [-0.2, -0.15) is 0 Å². The Labute approximate surface area is 202 Å². The number of primary sulfonamides is 1. The summed E-state index contributed by atoms with van der Waals surface area (Å²) < 4.78 is 28.8. The third-order valence-electron chi connectivity index (χ3n) is 8.51. The summed E-state index contributed by atoms with van der Waals surface area (Å²) in [4.78, 5) is 18.1. The summed E-state index contributed by atoms with van der Waals surface area (Å²) in [6, 6.07) is 10.4. The number of hydrogen-bond donors (Lipinski definition) is 1. The van der Waals surface area contributed by atoms with Crippen molar-refractivity contribution in [3.63, 3.8) is 0 Å². The molecule has 4 aliphatic rings. The number of nitrogens with two attached hydrogens (primary N) is 1. The van der Waals surface area contributed by atoms with E-state index in [1.807, 2.05) is 31.0 Å². The number of sulfonamides is 1. The van der Waals surface area contributed by atoms with E-state index in [9.17, 15) is 13.2 Å². The van der Waals surface area contributed by atoms with E-state index in [0.29, 0.717) is 13.1 Å². The summed E-state index contributed by atoms with van der Waals surface area (Å²) in [5, 5.41) is 5.23. The van der Waals surface area contributed by atoms with Crippen LogP contribution in [-0.4, -0.2) is 43.3 Å². The number of carbonyl (C=O) groups excluding carboxylic acids is 1. The number of benzene rings is 1. The molecule has 1 aromatic carbocycles.